The first-order valence-corrected chi connectivity index (χ1v) is 5.11. The highest BCUT2D eigenvalue weighted by Crippen LogP contribution is 2.26. The molecule has 0 atom stereocenters. The van der Waals surface area contributed by atoms with Crippen LogP contribution in [0.3, 0.4) is 0 Å². The zero-order chi connectivity index (χ0) is 13.9. The molecule has 1 amide bonds. The average molecular weight is 253 g/mol. The van der Waals surface area contributed by atoms with Gasteiger partial charge in [0.05, 0.1) is 5.54 Å². The first kappa shape index (κ1) is 13.6. The monoisotopic (exact) mass is 253 g/mol. The summed E-state index contributed by atoms with van der Waals surface area (Å²) in [7, 11) is 0. The molecule has 0 heterocycles. The molecule has 0 aromatic heterocycles. The first-order chi connectivity index (χ1) is 8.29. The van der Waals surface area contributed by atoms with Gasteiger partial charge in [-0.2, -0.15) is 0 Å². The number of hydrogen-bond acceptors (Lipinski definition) is 5. The summed E-state index contributed by atoms with van der Waals surface area (Å²) >= 11 is 0. The van der Waals surface area contributed by atoms with E-state index in [1.54, 1.807) is 0 Å². The molecule has 0 saturated heterocycles. The second-order valence-electron chi connectivity index (χ2n) is 4.24. The van der Waals surface area contributed by atoms with E-state index in [4.69, 9.17) is 10.9 Å². The molecule has 0 radical (unpaired) electrons. The summed E-state index contributed by atoms with van der Waals surface area (Å²) < 4.78 is 0. The lowest BCUT2D eigenvalue weighted by molar-refractivity contribution is 0.0925. The number of carbonyl (C=O) groups is 1. The maximum absolute atomic E-state index is 11.9. The Balaban J connectivity index is 3.04. The van der Waals surface area contributed by atoms with E-state index < -0.39 is 11.4 Å². The van der Waals surface area contributed by atoms with E-state index in [-0.39, 0.29) is 22.9 Å². The Morgan fingerprint density at radius 3 is 2.28 bits per heavy atom. The van der Waals surface area contributed by atoms with Crippen LogP contribution in [0.4, 0.5) is 0 Å². The topological polar surface area (TPSA) is 128 Å². The van der Waals surface area contributed by atoms with Crippen LogP contribution in [-0.4, -0.2) is 32.7 Å². The number of benzene rings is 1. The van der Waals surface area contributed by atoms with Crippen LogP contribution in [0, 0.1) is 0 Å². The Labute approximate surface area is 104 Å². The average Bonchev–Trinajstić information content (AvgIpc) is 2.26. The number of nitrogens with two attached hydrogens (primary N) is 1. The lowest BCUT2D eigenvalue weighted by atomic mass is 10.0. The fourth-order valence-corrected chi connectivity index (χ4v) is 1.30. The van der Waals surface area contributed by atoms with Gasteiger partial charge in [-0.15, -0.1) is 0 Å². The molecule has 1 aromatic carbocycles. The van der Waals surface area contributed by atoms with Gasteiger partial charge in [-0.25, -0.2) is 0 Å². The van der Waals surface area contributed by atoms with Crippen LogP contribution in [-0.2, 0) is 0 Å². The van der Waals surface area contributed by atoms with Crippen LogP contribution in [0.25, 0.3) is 0 Å². The van der Waals surface area contributed by atoms with Crippen molar-refractivity contribution in [1.82, 2.24) is 5.32 Å². The van der Waals surface area contributed by atoms with Gasteiger partial charge in [-0.1, -0.05) is 11.2 Å². The van der Waals surface area contributed by atoms with Crippen molar-refractivity contribution in [3.63, 3.8) is 0 Å². The van der Waals surface area contributed by atoms with Crippen LogP contribution >= 0.6 is 0 Å². The Hall–Kier alpha value is -2.44. The molecule has 0 aliphatic rings. The molecule has 0 spiro atoms. The molecule has 0 bridgehead atoms. The highest BCUT2D eigenvalue weighted by atomic mass is 16.4. The van der Waals surface area contributed by atoms with Crippen LogP contribution < -0.4 is 11.1 Å². The highest BCUT2D eigenvalue weighted by molar-refractivity contribution is 6.03. The molecule has 0 fully saturated rings. The summed E-state index contributed by atoms with van der Waals surface area (Å²) in [6, 6.07) is 3.94. The summed E-state index contributed by atoms with van der Waals surface area (Å²) in [5.41, 5.74) is 4.02. The number of hydrogen-bond donors (Lipinski definition) is 5. The number of nitrogens with one attached hydrogen (secondary N) is 1. The van der Waals surface area contributed by atoms with Crippen LogP contribution in [0.2, 0.25) is 0 Å². The van der Waals surface area contributed by atoms with E-state index in [0.717, 1.165) is 0 Å². The molecule has 18 heavy (non-hydrogen) atoms. The highest BCUT2D eigenvalue weighted by Gasteiger charge is 2.28. The Morgan fingerprint density at radius 1 is 1.33 bits per heavy atom. The van der Waals surface area contributed by atoms with Crippen molar-refractivity contribution in [2.75, 3.05) is 0 Å². The zero-order valence-electron chi connectivity index (χ0n) is 10.0. The van der Waals surface area contributed by atoms with Gasteiger partial charge in [0.15, 0.2) is 5.84 Å². The molecule has 0 aliphatic carbocycles. The molecule has 98 valence electrons. The third-order valence-corrected chi connectivity index (χ3v) is 2.42. The van der Waals surface area contributed by atoms with Crippen molar-refractivity contribution < 1.29 is 20.2 Å². The third-order valence-electron chi connectivity index (χ3n) is 2.42. The summed E-state index contributed by atoms with van der Waals surface area (Å²) in [5.74, 6) is -1.65. The van der Waals surface area contributed by atoms with E-state index >= 15 is 0 Å². The minimum atomic E-state index is -1.12. The Bertz CT molecular complexity index is 477. The van der Waals surface area contributed by atoms with Gasteiger partial charge in [0.25, 0.3) is 5.91 Å². The molecule has 6 N–H and O–H groups in total. The summed E-state index contributed by atoms with van der Waals surface area (Å²) in [6.07, 6.45) is 0. The van der Waals surface area contributed by atoms with Gasteiger partial charge >= 0.3 is 0 Å². The third kappa shape index (κ3) is 2.62. The molecule has 0 saturated carbocycles. The Kier molecular flexibility index (Phi) is 3.65. The zero-order valence-corrected chi connectivity index (χ0v) is 10.0. The van der Waals surface area contributed by atoms with E-state index in [9.17, 15) is 15.0 Å². The fourth-order valence-electron chi connectivity index (χ4n) is 1.30. The van der Waals surface area contributed by atoms with Crippen molar-refractivity contribution in [2.24, 2.45) is 10.9 Å². The van der Waals surface area contributed by atoms with E-state index in [1.807, 2.05) is 0 Å². The number of nitrogens with zero attached hydrogens (tertiary/aromatic N) is 1. The lowest BCUT2D eigenvalue weighted by Crippen LogP contribution is -2.53. The smallest absolute Gasteiger partial charge is 0.259 e. The number of amidine groups is 1. The van der Waals surface area contributed by atoms with Crippen molar-refractivity contribution in [3.05, 3.63) is 23.8 Å². The van der Waals surface area contributed by atoms with Gasteiger partial charge in [-0.3, -0.25) is 4.79 Å². The molecular weight excluding hydrogens is 238 g/mol. The Morgan fingerprint density at radius 2 is 1.83 bits per heavy atom. The quantitative estimate of drug-likeness (QED) is 0.230. The SMILES string of the molecule is CC(C)(NC(=O)c1c(O)cccc1O)/C(N)=N/O. The lowest BCUT2D eigenvalue weighted by Gasteiger charge is -2.24. The number of aromatic hydroxyl groups is 2. The van der Waals surface area contributed by atoms with Crippen LogP contribution in [0.15, 0.2) is 23.4 Å². The molecular formula is C11H15N3O4. The molecule has 0 aliphatic heterocycles. The van der Waals surface area contributed by atoms with Gasteiger partial charge in [-0.05, 0) is 26.0 Å². The molecule has 1 rings (SSSR count). The van der Waals surface area contributed by atoms with Crippen molar-refractivity contribution in [3.8, 4) is 11.5 Å². The number of oxime groups is 1. The molecule has 0 unspecified atom stereocenters. The van der Waals surface area contributed by atoms with E-state index in [0.29, 0.717) is 0 Å². The van der Waals surface area contributed by atoms with E-state index in [1.165, 1.54) is 32.0 Å². The fraction of sp³-hybridized carbons (Fsp3) is 0.273. The van der Waals surface area contributed by atoms with Crippen LogP contribution in [0.1, 0.15) is 24.2 Å². The van der Waals surface area contributed by atoms with Gasteiger partial charge in [0.2, 0.25) is 0 Å². The number of phenols is 2. The van der Waals surface area contributed by atoms with Crippen molar-refractivity contribution >= 4 is 11.7 Å². The number of amides is 1. The van der Waals surface area contributed by atoms with Gasteiger partial charge in [0.1, 0.15) is 17.1 Å². The number of phenolic OH excluding ortho intramolecular Hbond substituents is 2. The first-order valence-electron chi connectivity index (χ1n) is 5.11. The number of carbonyl (C=O) groups excluding carboxylic acids is 1. The maximum atomic E-state index is 11.9. The van der Waals surface area contributed by atoms with Gasteiger partial charge in [0, 0.05) is 0 Å². The molecule has 1 aromatic rings. The minimum Gasteiger partial charge on any atom is -0.507 e. The summed E-state index contributed by atoms with van der Waals surface area (Å²) in [4.78, 5) is 11.9. The number of rotatable bonds is 3. The van der Waals surface area contributed by atoms with Crippen molar-refractivity contribution in [2.45, 2.75) is 19.4 Å². The van der Waals surface area contributed by atoms with Crippen LogP contribution in [0.5, 0.6) is 11.5 Å². The molecule has 7 nitrogen and oxygen atoms in total. The second kappa shape index (κ2) is 4.82. The maximum Gasteiger partial charge on any atom is 0.259 e. The van der Waals surface area contributed by atoms with Gasteiger partial charge < -0.3 is 26.5 Å². The van der Waals surface area contributed by atoms with E-state index in [2.05, 4.69) is 10.5 Å². The van der Waals surface area contributed by atoms with Crippen molar-refractivity contribution in [1.29, 1.82) is 0 Å². The standard InChI is InChI=1S/C11H15N3O4/c1-11(2,10(12)14-18)13-9(17)8-6(15)4-3-5-7(8)16/h3-5,15-16,18H,1-2H3,(H2,12,14)(H,13,17). The summed E-state index contributed by atoms with van der Waals surface area (Å²) in [5, 5.41) is 32.9. The summed E-state index contributed by atoms with van der Waals surface area (Å²) in [6.45, 7) is 3.02. The largest absolute Gasteiger partial charge is 0.507 e. The predicted molar refractivity (Wildman–Crippen MR) is 64.7 cm³/mol. The molecule has 7 heteroatoms. The normalized spacial score (nSPS) is 12.2. The predicted octanol–water partition coefficient (Wildman–Crippen LogP) is 0.353. The second-order valence-corrected chi connectivity index (χ2v) is 4.24. The minimum absolute atomic E-state index is 0.203.